The lowest BCUT2D eigenvalue weighted by Gasteiger charge is -2.46. The summed E-state index contributed by atoms with van der Waals surface area (Å²) in [5.41, 5.74) is -0.0918. The normalized spacial score (nSPS) is 24.5. The van der Waals surface area contributed by atoms with E-state index in [1.807, 2.05) is 14.1 Å². The zero-order valence-corrected chi connectivity index (χ0v) is 11.2. The molecule has 0 bridgehead atoms. The molecule has 1 fully saturated rings. The molecule has 1 amide bonds. The Morgan fingerprint density at radius 2 is 2.24 bits per heavy atom. The van der Waals surface area contributed by atoms with Crippen LogP contribution in [0.4, 0.5) is 0 Å². The lowest BCUT2D eigenvalue weighted by Crippen LogP contribution is -2.66. The van der Waals surface area contributed by atoms with Crippen LogP contribution < -0.4 is 5.32 Å². The Labute approximate surface area is 103 Å². The number of hydrogen-bond donors (Lipinski definition) is 1. The van der Waals surface area contributed by atoms with E-state index in [4.69, 9.17) is 5.26 Å². The SMILES string of the molecule is CN(C)CCN1C(CC#N)C(=O)NCC1(C)C. The van der Waals surface area contributed by atoms with Crippen LogP contribution in [0.2, 0.25) is 0 Å². The van der Waals surface area contributed by atoms with Crippen LogP contribution in [-0.4, -0.2) is 61.0 Å². The molecule has 0 aliphatic carbocycles. The zero-order chi connectivity index (χ0) is 13.1. The Bertz CT molecular complexity index is 319. The minimum Gasteiger partial charge on any atom is -0.353 e. The van der Waals surface area contributed by atoms with Crippen LogP contribution in [0.3, 0.4) is 0 Å². The third-order valence-corrected chi connectivity index (χ3v) is 3.22. The fourth-order valence-corrected chi connectivity index (χ4v) is 2.14. The highest BCUT2D eigenvalue weighted by Crippen LogP contribution is 2.22. The van der Waals surface area contributed by atoms with Crippen molar-refractivity contribution in [2.45, 2.75) is 31.8 Å². The smallest absolute Gasteiger partial charge is 0.238 e. The molecule has 0 saturated carbocycles. The van der Waals surface area contributed by atoms with Gasteiger partial charge in [0.2, 0.25) is 5.91 Å². The van der Waals surface area contributed by atoms with Crippen molar-refractivity contribution < 1.29 is 4.79 Å². The molecule has 1 heterocycles. The van der Waals surface area contributed by atoms with Crippen molar-refractivity contribution in [1.82, 2.24) is 15.1 Å². The maximum Gasteiger partial charge on any atom is 0.238 e. The second kappa shape index (κ2) is 5.48. The molecule has 0 aromatic heterocycles. The first-order chi connectivity index (χ1) is 7.88. The quantitative estimate of drug-likeness (QED) is 0.751. The van der Waals surface area contributed by atoms with Gasteiger partial charge in [0.05, 0.1) is 12.5 Å². The number of nitriles is 1. The number of amides is 1. The molecule has 1 N–H and O–H groups in total. The van der Waals surface area contributed by atoms with Gasteiger partial charge in [-0.15, -0.1) is 0 Å². The molecule has 0 aromatic carbocycles. The lowest BCUT2D eigenvalue weighted by molar-refractivity contribution is -0.134. The molecular weight excluding hydrogens is 216 g/mol. The number of nitrogens with one attached hydrogen (secondary N) is 1. The van der Waals surface area contributed by atoms with Crippen molar-refractivity contribution in [2.75, 3.05) is 33.7 Å². The first-order valence-electron chi connectivity index (χ1n) is 5.94. The van der Waals surface area contributed by atoms with Gasteiger partial charge in [0.1, 0.15) is 6.04 Å². The van der Waals surface area contributed by atoms with Crippen molar-refractivity contribution in [3.63, 3.8) is 0 Å². The molecule has 0 radical (unpaired) electrons. The van der Waals surface area contributed by atoms with Gasteiger partial charge in [-0.3, -0.25) is 9.69 Å². The van der Waals surface area contributed by atoms with Gasteiger partial charge in [0.25, 0.3) is 0 Å². The number of rotatable bonds is 4. The predicted octanol–water partition coefficient (Wildman–Crippen LogP) is 0.0407. The van der Waals surface area contributed by atoms with Crippen molar-refractivity contribution in [3.05, 3.63) is 0 Å². The van der Waals surface area contributed by atoms with E-state index in [0.717, 1.165) is 13.1 Å². The average molecular weight is 238 g/mol. The Hall–Kier alpha value is -1.12. The summed E-state index contributed by atoms with van der Waals surface area (Å²) < 4.78 is 0. The number of piperazine rings is 1. The number of hydrogen-bond acceptors (Lipinski definition) is 4. The second-order valence-electron chi connectivity index (χ2n) is 5.40. The Balaban J connectivity index is 2.80. The van der Waals surface area contributed by atoms with Crippen molar-refractivity contribution in [3.8, 4) is 6.07 Å². The van der Waals surface area contributed by atoms with Gasteiger partial charge in [-0.05, 0) is 27.9 Å². The third-order valence-electron chi connectivity index (χ3n) is 3.22. The van der Waals surface area contributed by atoms with E-state index in [1.54, 1.807) is 0 Å². The molecule has 1 unspecified atom stereocenters. The van der Waals surface area contributed by atoms with E-state index < -0.39 is 0 Å². The van der Waals surface area contributed by atoms with Gasteiger partial charge in [0.15, 0.2) is 0 Å². The second-order valence-corrected chi connectivity index (χ2v) is 5.40. The van der Waals surface area contributed by atoms with Crippen LogP contribution in [0.1, 0.15) is 20.3 Å². The topological polar surface area (TPSA) is 59.4 Å². The summed E-state index contributed by atoms with van der Waals surface area (Å²) in [7, 11) is 4.02. The molecule has 1 atom stereocenters. The first-order valence-corrected chi connectivity index (χ1v) is 5.94. The van der Waals surface area contributed by atoms with Gasteiger partial charge in [-0.25, -0.2) is 0 Å². The number of carbonyl (C=O) groups is 1. The van der Waals surface area contributed by atoms with Crippen LogP contribution in [0.5, 0.6) is 0 Å². The van der Waals surface area contributed by atoms with Gasteiger partial charge < -0.3 is 10.2 Å². The zero-order valence-electron chi connectivity index (χ0n) is 11.2. The average Bonchev–Trinajstić information content (AvgIpc) is 2.22. The minimum absolute atomic E-state index is 0.0235. The van der Waals surface area contributed by atoms with Gasteiger partial charge in [-0.1, -0.05) is 0 Å². The fourth-order valence-electron chi connectivity index (χ4n) is 2.14. The van der Waals surface area contributed by atoms with E-state index in [9.17, 15) is 4.79 Å². The van der Waals surface area contributed by atoms with Crippen molar-refractivity contribution in [2.24, 2.45) is 0 Å². The molecule has 1 saturated heterocycles. The highest BCUT2D eigenvalue weighted by molar-refractivity contribution is 5.83. The monoisotopic (exact) mass is 238 g/mol. The van der Waals surface area contributed by atoms with Crippen LogP contribution in [0.15, 0.2) is 0 Å². The van der Waals surface area contributed by atoms with Gasteiger partial charge >= 0.3 is 0 Å². The molecule has 0 aromatic rings. The standard InChI is InChI=1S/C12H22N4O/c1-12(2)9-14-11(17)10(5-6-13)16(12)8-7-15(3)4/h10H,5,7-9H2,1-4H3,(H,14,17). The van der Waals surface area contributed by atoms with E-state index in [2.05, 4.69) is 35.0 Å². The van der Waals surface area contributed by atoms with Crippen molar-refractivity contribution >= 4 is 5.91 Å². The van der Waals surface area contributed by atoms with Crippen molar-refractivity contribution in [1.29, 1.82) is 5.26 Å². The number of carbonyl (C=O) groups excluding carboxylic acids is 1. The van der Waals surface area contributed by atoms with Crippen LogP contribution >= 0.6 is 0 Å². The van der Waals surface area contributed by atoms with E-state index in [-0.39, 0.29) is 23.9 Å². The maximum atomic E-state index is 11.8. The molecule has 1 aliphatic heterocycles. The number of nitrogens with zero attached hydrogens (tertiary/aromatic N) is 3. The first kappa shape index (κ1) is 13.9. The van der Waals surface area contributed by atoms with Crippen LogP contribution in [0.25, 0.3) is 0 Å². The highest BCUT2D eigenvalue weighted by Gasteiger charge is 2.40. The number of likely N-dealkylation sites (N-methyl/N-ethyl adjacent to an activating group) is 1. The summed E-state index contributed by atoms with van der Waals surface area (Å²) >= 11 is 0. The molecule has 17 heavy (non-hydrogen) atoms. The maximum absolute atomic E-state index is 11.8. The van der Waals surface area contributed by atoms with E-state index >= 15 is 0 Å². The van der Waals surface area contributed by atoms with E-state index in [0.29, 0.717) is 6.54 Å². The Kier molecular flexibility index (Phi) is 4.49. The lowest BCUT2D eigenvalue weighted by atomic mass is 9.94. The predicted molar refractivity (Wildman–Crippen MR) is 66.4 cm³/mol. The third kappa shape index (κ3) is 3.42. The summed E-state index contributed by atoms with van der Waals surface area (Å²) in [6, 6.07) is 1.79. The fraction of sp³-hybridized carbons (Fsp3) is 0.833. The Morgan fingerprint density at radius 1 is 1.59 bits per heavy atom. The molecule has 1 aliphatic rings. The summed E-state index contributed by atoms with van der Waals surface area (Å²) in [6.07, 6.45) is 0.253. The molecule has 96 valence electrons. The Morgan fingerprint density at radius 3 is 2.76 bits per heavy atom. The largest absolute Gasteiger partial charge is 0.353 e. The molecular formula is C12H22N4O. The van der Waals surface area contributed by atoms with Gasteiger partial charge in [-0.2, -0.15) is 5.26 Å². The molecule has 0 spiro atoms. The van der Waals surface area contributed by atoms with Crippen LogP contribution in [-0.2, 0) is 4.79 Å². The summed E-state index contributed by atoms with van der Waals surface area (Å²) in [5, 5.41) is 11.7. The highest BCUT2D eigenvalue weighted by atomic mass is 16.2. The molecule has 1 rings (SSSR count). The summed E-state index contributed by atoms with van der Waals surface area (Å²) in [6.45, 7) is 6.54. The van der Waals surface area contributed by atoms with Crippen LogP contribution in [0, 0.1) is 11.3 Å². The minimum atomic E-state index is -0.316. The van der Waals surface area contributed by atoms with Gasteiger partial charge in [0, 0.05) is 25.2 Å². The summed E-state index contributed by atoms with van der Waals surface area (Å²) in [5.74, 6) is -0.0235. The molecule has 5 nitrogen and oxygen atoms in total. The van der Waals surface area contributed by atoms with E-state index in [1.165, 1.54) is 0 Å². The molecule has 5 heteroatoms. The summed E-state index contributed by atoms with van der Waals surface area (Å²) in [4.78, 5) is 16.0.